The molecule has 1 aliphatic rings. The molecule has 0 unspecified atom stereocenters. The van der Waals surface area contributed by atoms with Crippen molar-refractivity contribution in [1.82, 2.24) is 4.98 Å². The van der Waals surface area contributed by atoms with Crippen LogP contribution in [0.2, 0.25) is 0 Å². The third-order valence-corrected chi connectivity index (χ3v) is 4.51. The first-order valence-corrected chi connectivity index (χ1v) is 7.64. The van der Waals surface area contributed by atoms with Crippen molar-refractivity contribution in [1.29, 1.82) is 0 Å². The number of nitrogens with zero attached hydrogens (tertiary/aromatic N) is 2. The molecular formula is C18H23N2+. The minimum atomic E-state index is 0.849. The van der Waals surface area contributed by atoms with E-state index < -0.39 is 0 Å². The topological polar surface area (TPSA) is 16.8 Å². The minimum absolute atomic E-state index is 0.849. The second-order valence-corrected chi connectivity index (χ2v) is 6.05. The Kier molecular flexibility index (Phi) is 3.81. The van der Waals surface area contributed by atoms with Crippen molar-refractivity contribution < 1.29 is 4.57 Å². The molecule has 2 aromatic rings. The molecule has 1 aromatic carbocycles. The molecule has 0 amide bonds. The Balaban J connectivity index is 2.02. The van der Waals surface area contributed by atoms with Crippen molar-refractivity contribution in [3.8, 4) is 11.3 Å². The van der Waals surface area contributed by atoms with Gasteiger partial charge in [-0.15, -0.1) is 0 Å². The predicted molar refractivity (Wildman–Crippen MR) is 81.2 cm³/mol. The number of benzene rings is 1. The molecule has 1 fully saturated rings. The first kappa shape index (κ1) is 13.3. The minimum Gasteiger partial charge on any atom is -0.232 e. The lowest BCUT2D eigenvalue weighted by Gasteiger charge is -2.13. The third-order valence-electron chi connectivity index (χ3n) is 4.51. The van der Waals surface area contributed by atoms with Gasteiger partial charge in [0.05, 0.1) is 7.05 Å². The molecule has 1 saturated carbocycles. The number of rotatable bonds is 3. The Bertz CT molecular complexity index is 598. The Labute approximate surface area is 121 Å². The predicted octanol–water partition coefficient (Wildman–Crippen LogP) is 3.61. The number of hydrogen-bond donors (Lipinski definition) is 0. The lowest BCUT2D eigenvalue weighted by Crippen LogP contribution is -2.33. The second-order valence-electron chi connectivity index (χ2n) is 6.05. The summed E-state index contributed by atoms with van der Waals surface area (Å²) in [6.07, 6.45) is 10.7. The summed E-state index contributed by atoms with van der Waals surface area (Å²) in [5, 5.41) is 0. The van der Waals surface area contributed by atoms with Gasteiger partial charge in [-0.3, -0.25) is 0 Å². The van der Waals surface area contributed by atoms with Crippen LogP contribution in [0.3, 0.4) is 0 Å². The van der Waals surface area contributed by atoms with Crippen molar-refractivity contribution in [3.63, 3.8) is 0 Å². The van der Waals surface area contributed by atoms with E-state index in [0.717, 1.165) is 5.92 Å². The molecular weight excluding hydrogens is 244 g/mol. The van der Waals surface area contributed by atoms with Crippen LogP contribution in [0, 0.1) is 12.8 Å². The van der Waals surface area contributed by atoms with E-state index >= 15 is 0 Å². The van der Waals surface area contributed by atoms with E-state index in [4.69, 9.17) is 0 Å². The maximum atomic E-state index is 4.41. The molecule has 0 spiro atoms. The molecule has 3 rings (SSSR count). The highest BCUT2D eigenvalue weighted by molar-refractivity contribution is 5.63. The summed E-state index contributed by atoms with van der Waals surface area (Å²) in [5.74, 6) is 0.849. The molecule has 1 aromatic heterocycles. The zero-order chi connectivity index (χ0) is 13.9. The fraction of sp³-hybridized carbons (Fsp3) is 0.444. The standard InChI is InChI=1S/C18H23N2/c1-14-7-3-6-10-17(14)18-16(12-19-13-20(18)2)11-15-8-4-5-9-15/h3,6-7,10,12-13,15H,4-5,8-9,11H2,1-2H3/q+1. The van der Waals surface area contributed by atoms with E-state index in [9.17, 15) is 0 Å². The van der Waals surface area contributed by atoms with Crippen LogP contribution in [0.4, 0.5) is 0 Å². The van der Waals surface area contributed by atoms with Crippen molar-refractivity contribution >= 4 is 0 Å². The number of aromatic nitrogens is 2. The molecule has 0 bridgehead atoms. The Morgan fingerprint density at radius 3 is 2.70 bits per heavy atom. The van der Waals surface area contributed by atoms with Crippen LogP contribution in [-0.2, 0) is 13.5 Å². The SMILES string of the molecule is Cc1ccccc1-c1c(CC2CCCC2)cnc[n+]1C. The maximum absolute atomic E-state index is 4.41. The smallest absolute Gasteiger partial charge is 0.232 e. The monoisotopic (exact) mass is 267 g/mol. The van der Waals surface area contributed by atoms with Crippen LogP contribution in [-0.4, -0.2) is 4.98 Å². The van der Waals surface area contributed by atoms with E-state index in [1.54, 1.807) is 0 Å². The zero-order valence-electron chi connectivity index (χ0n) is 12.5. The average molecular weight is 267 g/mol. The van der Waals surface area contributed by atoms with Gasteiger partial charge in [0.2, 0.25) is 0 Å². The van der Waals surface area contributed by atoms with Gasteiger partial charge in [-0.2, -0.15) is 0 Å². The van der Waals surface area contributed by atoms with E-state index in [1.165, 1.54) is 54.5 Å². The molecule has 0 saturated heterocycles. The fourth-order valence-corrected chi connectivity index (χ4v) is 3.45. The first-order valence-electron chi connectivity index (χ1n) is 7.64. The summed E-state index contributed by atoms with van der Waals surface area (Å²) >= 11 is 0. The molecule has 2 heteroatoms. The lowest BCUT2D eigenvalue weighted by atomic mass is 9.94. The second kappa shape index (κ2) is 5.74. The highest BCUT2D eigenvalue weighted by atomic mass is 15.0. The van der Waals surface area contributed by atoms with Gasteiger partial charge in [0.15, 0.2) is 0 Å². The van der Waals surface area contributed by atoms with Gasteiger partial charge < -0.3 is 0 Å². The molecule has 1 aliphatic carbocycles. The number of aryl methyl sites for hydroxylation is 2. The van der Waals surface area contributed by atoms with Gasteiger partial charge in [-0.25, -0.2) is 4.57 Å². The highest BCUT2D eigenvalue weighted by Crippen LogP contribution is 2.31. The normalized spacial score (nSPS) is 15.7. The quantitative estimate of drug-likeness (QED) is 0.776. The van der Waals surface area contributed by atoms with Crippen LogP contribution in [0.5, 0.6) is 0 Å². The molecule has 20 heavy (non-hydrogen) atoms. The van der Waals surface area contributed by atoms with Gasteiger partial charge in [0.1, 0.15) is 11.9 Å². The largest absolute Gasteiger partial charge is 0.286 e. The van der Waals surface area contributed by atoms with Crippen LogP contribution >= 0.6 is 0 Å². The van der Waals surface area contributed by atoms with Gasteiger partial charge in [-0.1, -0.05) is 54.9 Å². The van der Waals surface area contributed by atoms with E-state index in [2.05, 4.69) is 54.0 Å². The van der Waals surface area contributed by atoms with Crippen molar-refractivity contribution in [2.45, 2.75) is 39.0 Å². The summed E-state index contributed by atoms with van der Waals surface area (Å²) in [4.78, 5) is 4.41. The molecule has 0 aliphatic heterocycles. The molecule has 0 atom stereocenters. The Morgan fingerprint density at radius 1 is 1.20 bits per heavy atom. The van der Waals surface area contributed by atoms with Gasteiger partial charge in [-0.05, 0) is 24.8 Å². The molecule has 1 heterocycles. The highest BCUT2D eigenvalue weighted by Gasteiger charge is 2.21. The maximum Gasteiger partial charge on any atom is 0.286 e. The van der Waals surface area contributed by atoms with Gasteiger partial charge in [0.25, 0.3) is 6.33 Å². The fourth-order valence-electron chi connectivity index (χ4n) is 3.45. The van der Waals surface area contributed by atoms with Crippen molar-refractivity contribution in [3.05, 3.63) is 47.9 Å². The molecule has 0 N–H and O–H groups in total. The van der Waals surface area contributed by atoms with E-state index in [1.807, 2.05) is 6.33 Å². The average Bonchev–Trinajstić information content (AvgIpc) is 2.93. The molecule has 0 radical (unpaired) electrons. The Morgan fingerprint density at radius 2 is 1.95 bits per heavy atom. The van der Waals surface area contributed by atoms with Crippen molar-refractivity contribution in [2.24, 2.45) is 13.0 Å². The first-order chi connectivity index (χ1) is 9.75. The summed E-state index contributed by atoms with van der Waals surface area (Å²) < 4.78 is 2.17. The van der Waals surface area contributed by atoms with Crippen LogP contribution < -0.4 is 4.57 Å². The third kappa shape index (κ3) is 2.60. The summed E-state index contributed by atoms with van der Waals surface area (Å²) in [5.41, 5.74) is 5.41. The van der Waals surface area contributed by atoms with Crippen LogP contribution in [0.1, 0.15) is 36.8 Å². The van der Waals surface area contributed by atoms with Gasteiger partial charge >= 0.3 is 0 Å². The van der Waals surface area contributed by atoms with Gasteiger partial charge in [0, 0.05) is 11.1 Å². The van der Waals surface area contributed by atoms with Crippen LogP contribution in [0.15, 0.2) is 36.8 Å². The van der Waals surface area contributed by atoms with Crippen molar-refractivity contribution in [2.75, 3.05) is 0 Å². The van der Waals surface area contributed by atoms with E-state index in [0.29, 0.717) is 0 Å². The van der Waals surface area contributed by atoms with E-state index in [-0.39, 0.29) is 0 Å². The zero-order valence-corrected chi connectivity index (χ0v) is 12.5. The molecule has 2 nitrogen and oxygen atoms in total. The number of hydrogen-bond acceptors (Lipinski definition) is 1. The molecule has 104 valence electrons. The summed E-state index contributed by atoms with van der Waals surface area (Å²) in [7, 11) is 2.10. The summed E-state index contributed by atoms with van der Waals surface area (Å²) in [6.45, 7) is 2.19. The lowest BCUT2D eigenvalue weighted by molar-refractivity contribution is -0.663. The Hall–Kier alpha value is -1.70. The van der Waals surface area contributed by atoms with Crippen LogP contribution in [0.25, 0.3) is 11.3 Å². The summed E-state index contributed by atoms with van der Waals surface area (Å²) in [6, 6.07) is 8.65.